The lowest BCUT2D eigenvalue weighted by Gasteiger charge is -2.31. The van der Waals surface area contributed by atoms with E-state index in [-0.39, 0.29) is 5.91 Å². The quantitative estimate of drug-likeness (QED) is 0.711. The lowest BCUT2D eigenvalue weighted by Crippen LogP contribution is -2.48. The minimum absolute atomic E-state index is 0.278. The van der Waals surface area contributed by atoms with E-state index >= 15 is 0 Å². The SMILES string of the molecule is COc1ccc(CN(C)C(=O)[C@H](C)N(c2ccc(C)c(C)c2)S(C)(=O)=O)cc1. The fourth-order valence-corrected chi connectivity index (χ4v) is 4.23. The van der Waals surface area contributed by atoms with Crippen LogP contribution in [0.1, 0.15) is 23.6 Å². The van der Waals surface area contributed by atoms with Gasteiger partial charge in [-0.3, -0.25) is 9.10 Å². The average molecular weight is 405 g/mol. The topological polar surface area (TPSA) is 66.9 Å². The van der Waals surface area contributed by atoms with Crippen LogP contribution in [0.5, 0.6) is 5.75 Å². The first-order valence-electron chi connectivity index (χ1n) is 8.99. The number of amides is 1. The Kier molecular flexibility index (Phi) is 6.72. The Hall–Kier alpha value is -2.54. The van der Waals surface area contributed by atoms with Gasteiger partial charge in [0.2, 0.25) is 15.9 Å². The van der Waals surface area contributed by atoms with Crippen LogP contribution in [0.15, 0.2) is 42.5 Å². The van der Waals surface area contributed by atoms with Crippen LogP contribution in [0.25, 0.3) is 0 Å². The summed E-state index contributed by atoms with van der Waals surface area (Å²) >= 11 is 0. The molecule has 0 bridgehead atoms. The van der Waals surface area contributed by atoms with Crippen molar-refractivity contribution in [1.82, 2.24) is 4.90 Å². The number of anilines is 1. The van der Waals surface area contributed by atoms with Gasteiger partial charge in [-0.1, -0.05) is 18.2 Å². The van der Waals surface area contributed by atoms with Gasteiger partial charge in [0.15, 0.2) is 0 Å². The summed E-state index contributed by atoms with van der Waals surface area (Å²) in [4.78, 5) is 14.5. The maximum Gasteiger partial charge on any atom is 0.246 e. The third-order valence-corrected chi connectivity index (χ3v) is 6.01. The van der Waals surface area contributed by atoms with Crippen molar-refractivity contribution in [2.24, 2.45) is 0 Å². The fourth-order valence-electron chi connectivity index (χ4n) is 3.07. The molecule has 152 valence electrons. The maximum absolute atomic E-state index is 13.0. The lowest BCUT2D eigenvalue weighted by atomic mass is 10.1. The number of likely N-dealkylation sites (N-methyl/N-ethyl adjacent to an activating group) is 1. The van der Waals surface area contributed by atoms with Gasteiger partial charge in [0.1, 0.15) is 11.8 Å². The molecule has 0 unspecified atom stereocenters. The zero-order chi connectivity index (χ0) is 21.1. The van der Waals surface area contributed by atoms with Crippen molar-refractivity contribution in [1.29, 1.82) is 0 Å². The third-order valence-electron chi connectivity index (χ3n) is 4.77. The van der Waals surface area contributed by atoms with Crippen LogP contribution in [0, 0.1) is 13.8 Å². The number of carbonyl (C=O) groups is 1. The first-order valence-corrected chi connectivity index (χ1v) is 10.8. The molecule has 7 heteroatoms. The molecule has 0 aliphatic heterocycles. The molecule has 0 radical (unpaired) electrons. The smallest absolute Gasteiger partial charge is 0.246 e. The monoisotopic (exact) mass is 404 g/mol. The highest BCUT2D eigenvalue weighted by atomic mass is 32.2. The largest absolute Gasteiger partial charge is 0.497 e. The fraction of sp³-hybridized carbons (Fsp3) is 0.381. The number of sulfonamides is 1. The molecule has 1 atom stereocenters. The molecule has 0 saturated carbocycles. The molecule has 28 heavy (non-hydrogen) atoms. The van der Waals surface area contributed by atoms with Crippen molar-refractivity contribution in [3.8, 4) is 5.75 Å². The number of rotatable bonds is 7. The highest BCUT2D eigenvalue weighted by Crippen LogP contribution is 2.24. The Morgan fingerprint density at radius 2 is 1.68 bits per heavy atom. The number of hydrogen-bond acceptors (Lipinski definition) is 4. The van der Waals surface area contributed by atoms with E-state index in [9.17, 15) is 13.2 Å². The van der Waals surface area contributed by atoms with E-state index in [1.807, 2.05) is 44.2 Å². The van der Waals surface area contributed by atoms with Crippen LogP contribution in [-0.4, -0.2) is 45.7 Å². The van der Waals surface area contributed by atoms with E-state index in [1.165, 1.54) is 9.21 Å². The van der Waals surface area contributed by atoms with E-state index in [0.29, 0.717) is 12.2 Å². The summed E-state index contributed by atoms with van der Waals surface area (Å²) in [5, 5.41) is 0. The second-order valence-corrected chi connectivity index (χ2v) is 8.91. The Bertz CT molecular complexity index is 939. The molecule has 0 saturated heterocycles. The van der Waals surface area contributed by atoms with Gasteiger partial charge in [-0.2, -0.15) is 0 Å². The molecule has 2 rings (SSSR count). The van der Waals surface area contributed by atoms with E-state index in [2.05, 4.69) is 0 Å². The van der Waals surface area contributed by atoms with Crippen LogP contribution in [-0.2, 0) is 21.4 Å². The van der Waals surface area contributed by atoms with Crippen LogP contribution in [0.2, 0.25) is 0 Å². The predicted molar refractivity (Wildman–Crippen MR) is 112 cm³/mol. The number of benzene rings is 2. The summed E-state index contributed by atoms with van der Waals surface area (Å²) in [6, 6.07) is 11.9. The van der Waals surface area contributed by atoms with Gasteiger partial charge in [0.05, 0.1) is 19.1 Å². The normalized spacial score (nSPS) is 12.4. The van der Waals surface area contributed by atoms with Gasteiger partial charge in [-0.25, -0.2) is 8.42 Å². The first kappa shape index (κ1) is 21.8. The molecule has 0 fully saturated rings. The molecule has 0 aromatic heterocycles. The number of carbonyl (C=O) groups excluding carboxylic acids is 1. The summed E-state index contributed by atoms with van der Waals surface area (Å²) < 4.78 is 31.3. The number of hydrogen-bond donors (Lipinski definition) is 0. The van der Waals surface area contributed by atoms with Crippen molar-refractivity contribution in [3.63, 3.8) is 0 Å². The average Bonchev–Trinajstić information content (AvgIpc) is 2.63. The summed E-state index contributed by atoms with van der Waals surface area (Å²) in [5.41, 5.74) is 3.45. The van der Waals surface area contributed by atoms with Gasteiger partial charge in [0, 0.05) is 13.6 Å². The maximum atomic E-state index is 13.0. The molecule has 6 nitrogen and oxygen atoms in total. The minimum atomic E-state index is -3.64. The highest BCUT2D eigenvalue weighted by molar-refractivity contribution is 7.92. The van der Waals surface area contributed by atoms with Crippen molar-refractivity contribution >= 4 is 21.6 Å². The first-order chi connectivity index (χ1) is 13.0. The Morgan fingerprint density at radius 3 is 2.18 bits per heavy atom. The van der Waals surface area contributed by atoms with Crippen molar-refractivity contribution in [2.75, 3.05) is 24.7 Å². The van der Waals surface area contributed by atoms with E-state index in [4.69, 9.17) is 4.74 Å². The zero-order valence-corrected chi connectivity index (χ0v) is 18.1. The zero-order valence-electron chi connectivity index (χ0n) is 17.3. The standard InChI is InChI=1S/C21H28N2O4S/c1-15-7-10-19(13-16(15)2)23(28(6,25)26)17(3)21(24)22(4)14-18-8-11-20(27-5)12-9-18/h7-13,17H,14H2,1-6H3/t17-/m0/s1. The molecular weight excluding hydrogens is 376 g/mol. The van der Waals surface area contributed by atoms with E-state index in [1.54, 1.807) is 33.2 Å². The number of methoxy groups -OCH3 is 1. The Labute approximate surface area is 167 Å². The predicted octanol–water partition coefficient (Wildman–Crippen LogP) is 3.13. The second kappa shape index (κ2) is 8.65. The molecule has 0 heterocycles. The van der Waals surface area contributed by atoms with Crippen molar-refractivity contribution in [2.45, 2.75) is 33.4 Å². The molecular formula is C21H28N2O4S. The summed E-state index contributed by atoms with van der Waals surface area (Å²) in [6.07, 6.45) is 1.12. The Balaban J connectivity index is 2.25. The van der Waals surface area contributed by atoms with Crippen molar-refractivity contribution in [3.05, 3.63) is 59.2 Å². The van der Waals surface area contributed by atoms with E-state index < -0.39 is 16.1 Å². The summed E-state index contributed by atoms with van der Waals surface area (Å²) in [6.45, 7) is 5.86. The van der Waals surface area contributed by atoms with Crippen LogP contribution < -0.4 is 9.04 Å². The molecule has 0 N–H and O–H groups in total. The molecule has 2 aromatic carbocycles. The van der Waals surface area contributed by atoms with E-state index in [0.717, 1.165) is 28.7 Å². The Morgan fingerprint density at radius 1 is 1.07 bits per heavy atom. The molecule has 0 aliphatic carbocycles. The molecule has 0 spiro atoms. The van der Waals surface area contributed by atoms with Crippen LogP contribution >= 0.6 is 0 Å². The number of ether oxygens (including phenoxy) is 1. The number of aryl methyl sites for hydroxylation is 2. The number of nitrogens with zero attached hydrogens (tertiary/aromatic N) is 2. The lowest BCUT2D eigenvalue weighted by molar-refractivity contribution is -0.131. The van der Waals surface area contributed by atoms with Gasteiger partial charge in [0.25, 0.3) is 0 Å². The van der Waals surface area contributed by atoms with Gasteiger partial charge in [-0.05, 0) is 61.7 Å². The highest BCUT2D eigenvalue weighted by Gasteiger charge is 2.31. The second-order valence-electron chi connectivity index (χ2n) is 7.05. The molecule has 1 amide bonds. The summed E-state index contributed by atoms with van der Waals surface area (Å²) in [7, 11) is -0.371. The van der Waals surface area contributed by atoms with Crippen LogP contribution in [0.4, 0.5) is 5.69 Å². The summed E-state index contributed by atoms with van der Waals surface area (Å²) in [5.74, 6) is 0.462. The van der Waals surface area contributed by atoms with Crippen molar-refractivity contribution < 1.29 is 17.9 Å². The van der Waals surface area contributed by atoms with Gasteiger partial charge in [-0.15, -0.1) is 0 Å². The molecule has 0 aliphatic rings. The minimum Gasteiger partial charge on any atom is -0.497 e. The van der Waals surface area contributed by atoms with Gasteiger partial charge < -0.3 is 9.64 Å². The third kappa shape index (κ3) is 5.04. The van der Waals surface area contributed by atoms with Gasteiger partial charge >= 0.3 is 0 Å². The molecule has 2 aromatic rings. The van der Waals surface area contributed by atoms with Crippen LogP contribution in [0.3, 0.4) is 0 Å².